The van der Waals surface area contributed by atoms with Gasteiger partial charge in [-0.25, -0.2) is 5.01 Å². The van der Waals surface area contributed by atoms with E-state index in [1.165, 1.54) is 5.01 Å². The van der Waals surface area contributed by atoms with Crippen molar-refractivity contribution in [2.24, 2.45) is 0 Å². The lowest BCUT2D eigenvalue weighted by molar-refractivity contribution is 0.0490. The zero-order valence-electron chi connectivity index (χ0n) is 19.3. The Kier molecular flexibility index (Phi) is 5.90. The maximum absolute atomic E-state index is 13.7. The van der Waals surface area contributed by atoms with E-state index in [1.54, 1.807) is 24.3 Å². The summed E-state index contributed by atoms with van der Waals surface area (Å²) in [5.74, 6) is 1.51. The lowest BCUT2D eigenvalue weighted by Gasteiger charge is -2.38. The zero-order chi connectivity index (χ0) is 25.4. The van der Waals surface area contributed by atoms with E-state index in [0.29, 0.717) is 39.8 Å². The molecule has 0 fully saturated rings. The van der Waals surface area contributed by atoms with Crippen LogP contribution in [0.1, 0.15) is 32.4 Å². The number of para-hydroxylation sites is 1. The monoisotopic (exact) mass is 557 g/mol. The molecule has 1 unspecified atom stereocenters. The van der Waals surface area contributed by atoms with Crippen LogP contribution >= 0.6 is 15.9 Å². The topological polar surface area (TPSA) is 89.1 Å². The van der Waals surface area contributed by atoms with Gasteiger partial charge in [0.25, 0.3) is 11.8 Å². The average Bonchev–Trinajstić information content (AvgIpc) is 3.39. The lowest BCUT2D eigenvalue weighted by Crippen LogP contribution is -2.52. The third-order valence-electron chi connectivity index (χ3n) is 5.99. The summed E-state index contributed by atoms with van der Waals surface area (Å²) in [7, 11) is 0. The molecule has 2 N–H and O–H groups in total. The van der Waals surface area contributed by atoms with Crippen molar-refractivity contribution in [3.05, 3.63) is 112 Å². The first-order valence-corrected chi connectivity index (χ1v) is 12.3. The molecule has 37 heavy (non-hydrogen) atoms. The molecule has 9 heteroatoms. The first kappa shape index (κ1) is 22.9. The summed E-state index contributed by atoms with van der Waals surface area (Å²) in [6, 6.07) is 27.1. The number of hydrazine groups is 1. The minimum Gasteiger partial charge on any atom is -0.457 e. The first-order chi connectivity index (χ1) is 18.0. The number of carbonyl (C=O) groups excluding carboxylic acids is 2. The van der Waals surface area contributed by atoms with Gasteiger partial charge in [0, 0.05) is 21.3 Å². The van der Waals surface area contributed by atoms with E-state index >= 15 is 0 Å². The smallest absolute Gasteiger partial charge is 0.276 e. The van der Waals surface area contributed by atoms with Crippen molar-refractivity contribution in [1.82, 2.24) is 10.4 Å². The van der Waals surface area contributed by atoms with Crippen LogP contribution in [-0.4, -0.2) is 23.6 Å². The van der Waals surface area contributed by atoms with Crippen LogP contribution in [-0.2, 0) is 0 Å². The van der Waals surface area contributed by atoms with Crippen LogP contribution in [0.5, 0.6) is 23.0 Å². The Morgan fingerprint density at radius 1 is 0.919 bits per heavy atom. The maximum Gasteiger partial charge on any atom is 0.276 e. The van der Waals surface area contributed by atoms with Crippen molar-refractivity contribution in [2.75, 3.05) is 12.1 Å². The number of nitrogens with zero attached hydrogens (tertiary/aromatic N) is 1. The quantitative estimate of drug-likeness (QED) is 0.318. The van der Waals surface area contributed by atoms with E-state index in [9.17, 15) is 9.59 Å². The second-order valence-corrected chi connectivity index (χ2v) is 9.32. The highest BCUT2D eigenvalue weighted by Crippen LogP contribution is 2.36. The average molecular weight is 558 g/mol. The minimum absolute atomic E-state index is 0.101. The predicted molar refractivity (Wildman–Crippen MR) is 140 cm³/mol. The summed E-state index contributed by atoms with van der Waals surface area (Å²) in [6.07, 6.45) is -0.696. The van der Waals surface area contributed by atoms with Crippen LogP contribution in [0.2, 0.25) is 0 Å². The molecule has 0 spiro atoms. The van der Waals surface area contributed by atoms with Crippen LogP contribution in [0.3, 0.4) is 0 Å². The molecule has 0 radical (unpaired) electrons. The molecule has 184 valence electrons. The van der Waals surface area contributed by atoms with Gasteiger partial charge in [-0.3, -0.25) is 15.0 Å². The van der Waals surface area contributed by atoms with Gasteiger partial charge in [0.15, 0.2) is 11.5 Å². The number of halogens is 1. The highest BCUT2D eigenvalue weighted by Gasteiger charge is 2.35. The van der Waals surface area contributed by atoms with Gasteiger partial charge in [0.2, 0.25) is 6.79 Å². The molecule has 2 aliphatic rings. The molecule has 2 aliphatic heterocycles. The van der Waals surface area contributed by atoms with Gasteiger partial charge in [-0.1, -0.05) is 46.3 Å². The van der Waals surface area contributed by atoms with E-state index in [0.717, 1.165) is 10.0 Å². The van der Waals surface area contributed by atoms with Crippen molar-refractivity contribution in [3.63, 3.8) is 0 Å². The fourth-order valence-corrected chi connectivity index (χ4v) is 4.57. The maximum atomic E-state index is 13.7. The third kappa shape index (κ3) is 4.56. The number of rotatable bonds is 5. The molecule has 0 aromatic heterocycles. The molecule has 0 saturated carbocycles. The highest BCUT2D eigenvalue weighted by molar-refractivity contribution is 9.10. The Morgan fingerprint density at radius 2 is 1.73 bits per heavy atom. The molecule has 8 nitrogen and oxygen atoms in total. The molecular formula is C28H20BrN3O5. The van der Waals surface area contributed by atoms with Gasteiger partial charge >= 0.3 is 0 Å². The van der Waals surface area contributed by atoms with Crippen molar-refractivity contribution in [3.8, 4) is 23.0 Å². The number of nitrogens with one attached hydrogen (secondary N) is 2. The SMILES string of the molecule is O=C(NN1C(=O)c2cc(Br)ccc2NC1c1cccc(Oc2ccccc2)c1)c1ccc2c(c1)OCO2. The third-order valence-corrected chi connectivity index (χ3v) is 6.48. The first-order valence-electron chi connectivity index (χ1n) is 11.5. The van der Waals surface area contributed by atoms with Crippen LogP contribution in [0.4, 0.5) is 5.69 Å². The fourth-order valence-electron chi connectivity index (χ4n) is 4.21. The largest absolute Gasteiger partial charge is 0.457 e. The normalized spacial score (nSPS) is 15.5. The van der Waals surface area contributed by atoms with E-state index in [2.05, 4.69) is 26.7 Å². The summed E-state index contributed by atoms with van der Waals surface area (Å²) in [6.45, 7) is 0.101. The molecule has 6 rings (SSSR count). The Morgan fingerprint density at radius 3 is 2.59 bits per heavy atom. The van der Waals surface area contributed by atoms with Gasteiger partial charge < -0.3 is 19.5 Å². The molecular weight excluding hydrogens is 538 g/mol. The standard InChI is InChI=1S/C28H20BrN3O5/c29-19-10-11-23-22(15-19)28(34)32(31-27(33)18-9-12-24-25(14-18)36-16-35-24)26(30-23)17-5-4-8-21(13-17)37-20-6-2-1-3-7-20/h1-15,26,30H,16H2,(H,31,33). The molecule has 4 aromatic carbocycles. The summed E-state index contributed by atoms with van der Waals surface area (Å²) >= 11 is 3.43. The van der Waals surface area contributed by atoms with Crippen LogP contribution < -0.4 is 25.0 Å². The summed E-state index contributed by atoms with van der Waals surface area (Å²) in [5, 5.41) is 4.67. The number of hydrogen-bond acceptors (Lipinski definition) is 6. The van der Waals surface area contributed by atoms with Crippen LogP contribution in [0, 0.1) is 0 Å². The van der Waals surface area contributed by atoms with Gasteiger partial charge in [-0.15, -0.1) is 0 Å². The lowest BCUT2D eigenvalue weighted by atomic mass is 10.0. The molecule has 4 aromatic rings. The van der Waals surface area contributed by atoms with Crippen LogP contribution in [0.25, 0.3) is 0 Å². The van der Waals surface area contributed by atoms with Gasteiger partial charge in [-0.05, 0) is 60.7 Å². The summed E-state index contributed by atoms with van der Waals surface area (Å²) in [4.78, 5) is 26.9. The minimum atomic E-state index is -0.696. The van der Waals surface area contributed by atoms with Crippen molar-refractivity contribution >= 4 is 33.4 Å². The van der Waals surface area contributed by atoms with E-state index in [1.807, 2.05) is 66.7 Å². The predicted octanol–water partition coefficient (Wildman–Crippen LogP) is 5.88. The summed E-state index contributed by atoms with van der Waals surface area (Å²) < 4.78 is 17.5. The fraction of sp³-hybridized carbons (Fsp3) is 0.0714. The second-order valence-electron chi connectivity index (χ2n) is 8.41. The molecule has 0 bridgehead atoms. The van der Waals surface area contributed by atoms with Gasteiger partial charge in [-0.2, -0.15) is 0 Å². The second kappa shape index (κ2) is 9.51. The number of ether oxygens (including phenoxy) is 3. The van der Waals surface area contributed by atoms with Crippen molar-refractivity contribution < 1.29 is 23.8 Å². The molecule has 2 amide bonds. The highest BCUT2D eigenvalue weighted by atomic mass is 79.9. The van der Waals surface area contributed by atoms with E-state index in [4.69, 9.17) is 14.2 Å². The number of amides is 2. The molecule has 0 saturated heterocycles. The number of fused-ring (bicyclic) bond motifs is 2. The Balaban J connectivity index is 1.34. The van der Waals surface area contributed by atoms with Gasteiger partial charge in [0.05, 0.1) is 5.56 Å². The van der Waals surface area contributed by atoms with E-state index < -0.39 is 12.1 Å². The molecule has 0 aliphatic carbocycles. The number of hydrogen-bond donors (Lipinski definition) is 2. The molecule has 1 atom stereocenters. The Labute approximate surface area is 220 Å². The summed E-state index contributed by atoms with van der Waals surface area (Å²) in [5.41, 5.74) is 4.92. The number of benzene rings is 4. The Bertz CT molecular complexity index is 1510. The number of carbonyl (C=O) groups is 2. The Hall–Kier alpha value is -4.50. The van der Waals surface area contributed by atoms with Crippen molar-refractivity contribution in [1.29, 1.82) is 0 Å². The van der Waals surface area contributed by atoms with Crippen LogP contribution in [0.15, 0.2) is 95.5 Å². The van der Waals surface area contributed by atoms with Crippen molar-refractivity contribution in [2.45, 2.75) is 6.17 Å². The number of anilines is 1. The van der Waals surface area contributed by atoms with E-state index in [-0.39, 0.29) is 12.7 Å². The molecule has 2 heterocycles. The zero-order valence-corrected chi connectivity index (χ0v) is 20.9. The van der Waals surface area contributed by atoms with Gasteiger partial charge in [0.1, 0.15) is 17.7 Å².